The number of aromatic nitrogens is 2. The summed E-state index contributed by atoms with van der Waals surface area (Å²) in [6, 6.07) is 9.35. The Balaban J connectivity index is 1.59. The lowest BCUT2D eigenvalue weighted by Gasteiger charge is -2.41. The first-order chi connectivity index (χ1) is 14.1. The van der Waals surface area contributed by atoms with Crippen LogP contribution >= 0.6 is 0 Å². The van der Waals surface area contributed by atoms with Gasteiger partial charge in [-0.05, 0) is 25.5 Å². The lowest BCUT2D eigenvalue weighted by Crippen LogP contribution is -2.62. The van der Waals surface area contributed by atoms with Gasteiger partial charge in [0.15, 0.2) is 11.4 Å². The summed E-state index contributed by atoms with van der Waals surface area (Å²) in [6.45, 7) is 3.78. The van der Waals surface area contributed by atoms with E-state index in [0.29, 0.717) is 38.4 Å². The van der Waals surface area contributed by atoms with Crippen LogP contribution in [-0.4, -0.2) is 53.9 Å². The summed E-state index contributed by atoms with van der Waals surface area (Å²) in [5.41, 5.74) is 0.629. The van der Waals surface area contributed by atoms with Crippen LogP contribution in [-0.2, 0) is 4.79 Å². The van der Waals surface area contributed by atoms with E-state index in [2.05, 4.69) is 21.0 Å². The molecule has 0 radical (unpaired) electrons. The van der Waals surface area contributed by atoms with Gasteiger partial charge < -0.3 is 20.7 Å². The van der Waals surface area contributed by atoms with Gasteiger partial charge in [-0.1, -0.05) is 30.4 Å². The number of carbonyl (C=O) groups is 2. The summed E-state index contributed by atoms with van der Waals surface area (Å²) in [5, 5.41) is 13.5. The minimum atomic E-state index is -0.428. The lowest BCUT2D eigenvalue weighted by molar-refractivity contribution is -0.134. The molecule has 0 unspecified atom stereocenters. The Labute approximate surface area is 169 Å². The lowest BCUT2D eigenvalue weighted by atomic mass is 9.77. The van der Waals surface area contributed by atoms with Crippen LogP contribution in [0.1, 0.15) is 23.8 Å². The standard InChI is InChI=1S/C21H25N5O3/c1-15-11-23-19(27)18-17(12-26(25-18)16-7-3-2-4-8-16)29-10-6-5-9-21(13-22-14-21)20(28)24-15/h2-8,12,15,22H,9-11,13-14H2,1H3,(H,23,27)(H,24,28)/b6-5-/t15-/m1/s1. The van der Waals surface area contributed by atoms with Gasteiger partial charge in [-0.2, -0.15) is 5.10 Å². The Morgan fingerprint density at radius 2 is 1.97 bits per heavy atom. The summed E-state index contributed by atoms with van der Waals surface area (Å²) >= 11 is 0. The molecule has 1 aromatic heterocycles. The van der Waals surface area contributed by atoms with Crippen molar-refractivity contribution in [3.63, 3.8) is 0 Å². The third-order valence-electron chi connectivity index (χ3n) is 5.28. The summed E-state index contributed by atoms with van der Waals surface area (Å²) in [5.74, 6) is 0.0938. The van der Waals surface area contributed by atoms with Gasteiger partial charge in [-0.25, -0.2) is 4.68 Å². The van der Waals surface area contributed by atoms with E-state index in [0.717, 1.165) is 5.69 Å². The Hall–Kier alpha value is -3.13. The van der Waals surface area contributed by atoms with Crippen molar-refractivity contribution in [2.45, 2.75) is 19.4 Å². The number of benzene rings is 1. The molecule has 1 atom stereocenters. The van der Waals surface area contributed by atoms with E-state index in [4.69, 9.17) is 4.74 Å². The predicted molar refractivity (Wildman–Crippen MR) is 108 cm³/mol. The van der Waals surface area contributed by atoms with Gasteiger partial charge >= 0.3 is 0 Å². The van der Waals surface area contributed by atoms with Gasteiger partial charge in [0, 0.05) is 25.7 Å². The van der Waals surface area contributed by atoms with Crippen LogP contribution in [0, 0.1) is 5.41 Å². The topological polar surface area (TPSA) is 97.3 Å². The van der Waals surface area contributed by atoms with Crippen LogP contribution < -0.4 is 20.7 Å². The van der Waals surface area contributed by atoms with Crippen molar-refractivity contribution in [3.8, 4) is 11.4 Å². The van der Waals surface area contributed by atoms with Crippen molar-refractivity contribution in [2.24, 2.45) is 5.41 Å². The first kappa shape index (κ1) is 19.2. The fourth-order valence-corrected chi connectivity index (χ4v) is 3.43. The van der Waals surface area contributed by atoms with Crippen LogP contribution in [0.25, 0.3) is 5.69 Å². The number of rotatable bonds is 1. The molecular formula is C21H25N5O3. The highest BCUT2D eigenvalue weighted by atomic mass is 16.5. The quantitative estimate of drug-likeness (QED) is 0.627. The highest BCUT2D eigenvalue weighted by Crippen LogP contribution is 2.28. The predicted octanol–water partition coefficient (Wildman–Crippen LogP) is 1.04. The van der Waals surface area contributed by atoms with Crippen molar-refractivity contribution in [2.75, 3.05) is 26.2 Å². The molecule has 2 aliphatic rings. The molecule has 3 heterocycles. The number of fused-ring (bicyclic) bond motifs is 1. The maximum atomic E-state index is 12.7. The molecule has 8 heteroatoms. The zero-order chi connectivity index (χ0) is 20.3. The summed E-state index contributed by atoms with van der Waals surface area (Å²) in [4.78, 5) is 25.4. The van der Waals surface area contributed by atoms with Gasteiger partial charge in [-0.3, -0.25) is 9.59 Å². The average molecular weight is 395 g/mol. The fourth-order valence-electron chi connectivity index (χ4n) is 3.43. The van der Waals surface area contributed by atoms with Crippen LogP contribution in [0.3, 0.4) is 0 Å². The minimum Gasteiger partial charge on any atom is -0.485 e. The van der Waals surface area contributed by atoms with Crippen LogP contribution in [0.15, 0.2) is 48.7 Å². The zero-order valence-corrected chi connectivity index (χ0v) is 16.4. The fraction of sp³-hybridized carbons (Fsp3) is 0.381. The minimum absolute atomic E-state index is 0.00895. The van der Waals surface area contributed by atoms with Crippen molar-refractivity contribution < 1.29 is 14.3 Å². The molecule has 1 spiro atoms. The second-order valence-corrected chi connectivity index (χ2v) is 7.58. The number of ether oxygens (including phenoxy) is 1. The smallest absolute Gasteiger partial charge is 0.275 e. The molecule has 2 amide bonds. The zero-order valence-electron chi connectivity index (χ0n) is 16.4. The van der Waals surface area contributed by atoms with E-state index in [1.807, 2.05) is 49.4 Å². The Morgan fingerprint density at radius 1 is 1.17 bits per heavy atom. The molecule has 1 aromatic carbocycles. The van der Waals surface area contributed by atoms with Crippen LogP contribution in [0.4, 0.5) is 0 Å². The van der Waals surface area contributed by atoms with Crippen molar-refractivity contribution in [3.05, 3.63) is 54.4 Å². The molecule has 4 rings (SSSR count). The van der Waals surface area contributed by atoms with Gasteiger partial charge in [-0.15, -0.1) is 0 Å². The second-order valence-electron chi connectivity index (χ2n) is 7.58. The Kier molecular flexibility index (Phi) is 5.35. The average Bonchev–Trinajstić information content (AvgIpc) is 3.12. The molecule has 0 saturated carbocycles. The molecule has 2 aliphatic heterocycles. The second kappa shape index (κ2) is 8.08. The molecule has 1 saturated heterocycles. The SMILES string of the molecule is C[C@@H]1CNC(=O)c2nn(-c3ccccc3)cc2OC/C=C\CC2(CNC2)C(=O)N1. The van der Waals surface area contributed by atoms with Crippen LogP contribution in [0.5, 0.6) is 5.75 Å². The van der Waals surface area contributed by atoms with Gasteiger partial charge in [0.05, 0.1) is 17.3 Å². The first-order valence-electron chi connectivity index (χ1n) is 9.80. The number of nitrogens with one attached hydrogen (secondary N) is 3. The van der Waals surface area contributed by atoms with Crippen molar-refractivity contribution >= 4 is 11.8 Å². The molecule has 152 valence electrons. The maximum absolute atomic E-state index is 12.7. The third kappa shape index (κ3) is 4.02. The van der Waals surface area contributed by atoms with E-state index >= 15 is 0 Å². The van der Waals surface area contributed by atoms with Gasteiger partial charge in [0.25, 0.3) is 5.91 Å². The molecule has 29 heavy (non-hydrogen) atoms. The molecule has 0 aliphatic carbocycles. The molecular weight excluding hydrogens is 370 g/mol. The number of allylic oxidation sites excluding steroid dienone is 1. The molecule has 1 fully saturated rings. The van der Waals surface area contributed by atoms with Crippen LogP contribution in [0.2, 0.25) is 0 Å². The van der Waals surface area contributed by atoms with Crippen molar-refractivity contribution in [1.29, 1.82) is 0 Å². The number of hydrogen-bond acceptors (Lipinski definition) is 5. The van der Waals surface area contributed by atoms with E-state index in [1.165, 1.54) is 0 Å². The highest BCUT2D eigenvalue weighted by Gasteiger charge is 2.43. The first-order valence-corrected chi connectivity index (χ1v) is 9.80. The van der Waals surface area contributed by atoms with Gasteiger partial charge in [0.1, 0.15) is 6.61 Å². The molecule has 8 nitrogen and oxygen atoms in total. The number of carbonyl (C=O) groups excluding carboxylic acids is 2. The monoisotopic (exact) mass is 395 g/mol. The number of hydrogen-bond donors (Lipinski definition) is 3. The largest absolute Gasteiger partial charge is 0.485 e. The van der Waals surface area contributed by atoms with E-state index in [9.17, 15) is 9.59 Å². The number of nitrogens with zero attached hydrogens (tertiary/aromatic N) is 2. The van der Waals surface area contributed by atoms with E-state index < -0.39 is 5.41 Å². The normalized spacial score (nSPS) is 23.0. The Bertz CT molecular complexity index is 918. The third-order valence-corrected chi connectivity index (χ3v) is 5.28. The van der Waals surface area contributed by atoms with Gasteiger partial charge in [0.2, 0.25) is 5.91 Å². The molecule has 3 N–H and O–H groups in total. The summed E-state index contributed by atoms with van der Waals surface area (Å²) < 4.78 is 7.46. The molecule has 2 aromatic rings. The molecule has 0 bridgehead atoms. The van der Waals surface area contributed by atoms with Crippen molar-refractivity contribution in [1.82, 2.24) is 25.7 Å². The Morgan fingerprint density at radius 3 is 2.69 bits per heavy atom. The maximum Gasteiger partial charge on any atom is 0.275 e. The van der Waals surface area contributed by atoms with E-state index in [-0.39, 0.29) is 23.6 Å². The number of para-hydroxylation sites is 1. The number of amides is 2. The summed E-state index contributed by atoms with van der Waals surface area (Å²) in [6.07, 6.45) is 6.21. The summed E-state index contributed by atoms with van der Waals surface area (Å²) in [7, 11) is 0. The highest BCUT2D eigenvalue weighted by molar-refractivity contribution is 5.95. The van der Waals surface area contributed by atoms with E-state index in [1.54, 1.807) is 10.9 Å².